The minimum atomic E-state index is -0.407. The molecule has 0 aliphatic rings. The highest BCUT2D eigenvalue weighted by Gasteiger charge is 2.10. The van der Waals surface area contributed by atoms with Gasteiger partial charge in [0.15, 0.2) is 0 Å². The molecule has 0 aliphatic carbocycles. The summed E-state index contributed by atoms with van der Waals surface area (Å²) in [6.45, 7) is 1.83. The van der Waals surface area contributed by atoms with E-state index in [1.807, 2.05) is 31.2 Å². The predicted molar refractivity (Wildman–Crippen MR) is 67.2 cm³/mol. The number of nitrogens with one attached hydrogen (secondary N) is 1. The van der Waals surface area contributed by atoms with E-state index in [1.54, 1.807) is 6.07 Å². The molecule has 2 rings (SSSR count). The van der Waals surface area contributed by atoms with E-state index in [0.717, 1.165) is 21.4 Å². The summed E-state index contributed by atoms with van der Waals surface area (Å²) in [5, 5.41) is 0. The maximum atomic E-state index is 11.1. The zero-order chi connectivity index (χ0) is 11.7. The number of amides is 1. The monoisotopic (exact) mass is 278 g/mol. The molecular weight excluding hydrogens is 268 g/mol. The van der Waals surface area contributed by atoms with Crippen LogP contribution in [0.25, 0.3) is 11.3 Å². The smallest absolute Gasteiger partial charge is 0.250 e. The van der Waals surface area contributed by atoms with Crippen LogP contribution < -0.4 is 5.73 Å². The third-order valence-electron chi connectivity index (χ3n) is 2.42. The fourth-order valence-electron chi connectivity index (χ4n) is 1.63. The number of benzene rings is 1. The Labute approximate surface area is 102 Å². The molecule has 1 aromatic heterocycles. The zero-order valence-corrected chi connectivity index (χ0v) is 10.3. The van der Waals surface area contributed by atoms with Crippen LogP contribution in [-0.2, 0) is 0 Å². The molecular formula is C12H11BrN2O. The maximum absolute atomic E-state index is 11.1. The number of aromatic amines is 1. The molecule has 0 atom stereocenters. The Morgan fingerprint density at radius 2 is 2.12 bits per heavy atom. The second-order valence-electron chi connectivity index (χ2n) is 3.60. The molecule has 0 saturated heterocycles. The Hall–Kier alpha value is -1.55. The van der Waals surface area contributed by atoms with Crippen molar-refractivity contribution in [2.75, 3.05) is 0 Å². The number of hydrogen-bond acceptors (Lipinski definition) is 1. The average molecular weight is 279 g/mol. The molecule has 0 spiro atoms. The Kier molecular flexibility index (Phi) is 2.83. The molecule has 0 saturated carbocycles. The molecule has 1 heterocycles. The van der Waals surface area contributed by atoms with Crippen molar-refractivity contribution in [1.29, 1.82) is 0 Å². The van der Waals surface area contributed by atoms with Crippen molar-refractivity contribution in [3.8, 4) is 11.3 Å². The number of nitrogens with two attached hydrogens (primary N) is 1. The highest BCUT2D eigenvalue weighted by molar-refractivity contribution is 9.10. The van der Waals surface area contributed by atoms with E-state index < -0.39 is 5.91 Å². The number of rotatable bonds is 2. The number of carbonyl (C=O) groups excluding carboxylic acids is 1. The summed E-state index contributed by atoms with van der Waals surface area (Å²) < 4.78 is 0.998. The van der Waals surface area contributed by atoms with Gasteiger partial charge in [0, 0.05) is 15.9 Å². The van der Waals surface area contributed by atoms with E-state index in [-0.39, 0.29) is 0 Å². The van der Waals surface area contributed by atoms with Crippen LogP contribution in [0.2, 0.25) is 0 Å². The summed E-state index contributed by atoms with van der Waals surface area (Å²) in [5.41, 5.74) is 8.51. The van der Waals surface area contributed by atoms with Gasteiger partial charge in [-0.15, -0.1) is 0 Å². The molecule has 4 heteroatoms. The average Bonchev–Trinajstić information content (AvgIpc) is 2.60. The van der Waals surface area contributed by atoms with Crippen molar-refractivity contribution in [2.45, 2.75) is 6.92 Å². The van der Waals surface area contributed by atoms with Crippen LogP contribution >= 0.6 is 15.9 Å². The quantitative estimate of drug-likeness (QED) is 0.872. The van der Waals surface area contributed by atoms with E-state index in [1.165, 1.54) is 0 Å². The van der Waals surface area contributed by atoms with Gasteiger partial charge in [-0.25, -0.2) is 0 Å². The van der Waals surface area contributed by atoms with E-state index in [9.17, 15) is 4.79 Å². The lowest BCUT2D eigenvalue weighted by Crippen LogP contribution is -2.10. The lowest BCUT2D eigenvalue weighted by molar-refractivity contribution is 0.1000. The Morgan fingerprint density at radius 3 is 2.69 bits per heavy atom. The van der Waals surface area contributed by atoms with Crippen LogP contribution in [0.15, 0.2) is 34.8 Å². The fourth-order valence-corrected chi connectivity index (χ4v) is 2.02. The van der Waals surface area contributed by atoms with Crippen LogP contribution in [0.1, 0.15) is 16.1 Å². The standard InChI is InChI=1S/C12H11BrN2O/c1-7-10(12(14)16)6-11(15-7)8-3-2-4-9(13)5-8/h2-6,15H,1H3,(H2,14,16). The van der Waals surface area contributed by atoms with E-state index in [2.05, 4.69) is 20.9 Å². The molecule has 0 radical (unpaired) electrons. The third-order valence-corrected chi connectivity index (χ3v) is 2.91. The maximum Gasteiger partial charge on any atom is 0.250 e. The summed E-state index contributed by atoms with van der Waals surface area (Å²) in [6.07, 6.45) is 0. The number of aromatic nitrogens is 1. The molecule has 0 aliphatic heterocycles. The molecule has 0 bridgehead atoms. The summed E-state index contributed by atoms with van der Waals surface area (Å²) in [7, 11) is 0. The SMILES string of the molecule is Cc1[nH]c(-c2cccc(Br)c2)cc1C(N)=O. The second-order valence-corrected chi connectivity index (χ2v) is 4.51. The number of aryl methyl sites for hydroxylation is 1. The van der Waals surface area contributed by atoms with Crippen molar-refractivity contribution >= 4 is 21.8 Å². The molecule has 82 valence electrons. The van der Waals surface area contributed by atoms with Crippen LogP contribution in [0.5, 0.6) is 0 Å². The van der Waals surface area contributed by atoms with Crippen LogP contribution in [-0.4, -0.2) is 10.9 Å². The first-order valence-corrected chi connectivity index (χ1v) is 5.62. The summed E-state index contributed by atoms with van der Waals surface area (Å²) in [6, 6.07) is 9.63. The minimum absolute atomic E-state index is 0.407. The Balaban J connectivity index is 2.49. The van der Waals surface area contributed by atoms with Crippen molar-refractivity contribution in [1.82, 2.24) is 4.98 Å². The second kappa shape index (κ2) is 4.14. The van der Waals surface area contributed by atoms with Crippen LogP contribution in [0.4, 0.5) is 0 Å². The van der Waals surface area contributed by atoms with E-state index in [0.29, 0.717) is 5.56 Å². The van der Waals surface area contributed by atoms with Gasteiger partial charge >= 0.3 is 0 Å². The molecule has 16 heavy (non-hydrogen) atoms. The van der Waals surface area contributed by atoms with Gasteiger partial charge in [0.1, 0.15) is 0 Å². The number of halogens is 1. The molecule has 2 aromatic rings. The topological polar surface area (TPSA) is 58.9 Å². The molecule has 1 amide bonds. The highest BCUT2D eigenvalue weighted by Crippen LogP contribution is 2.24. The predicted octanol–water partition coefficient (Wildman–Crippen LogP) is 2.85. The molecule has 0 fully saturated rings. The largest absolute Gasteiger partial charge is 0.366 e. The van der Waals surface area contributed by atoms with Gasteiger partial charge in [-0.2, -0.15) is 0 Å². The first kappa shape index (κ1) is 11.0. The molecule has 3 nitrogen and oxygen atoms in total. The van der Waals surface area contributed by atoms with E-state index >= 15 is 0 Å². The number of hydrogen-bond donors (Lipinski definition) is 2. The van der Waals surface area contributed by atoms with Gasteiger partial charge in [0.25, 0.3) is 5.91 Å². The van der Waals surface area contributed by atoms with E-state index in [4.69, 9.17) is 5.73 Å². The van der Waals surface area contributed by atoms with Crippen molar-refractivity contribution in [3.05, 3.63) is 46.1 Å². The summed E-state index contributed by atoms with van der Waals surface area (Å²) >= 11 is 3.41. The van der Waals surface area contributed by atoms with Gasteiger partial charge in [-0.3, -0.25) is 4.79 Å². The van der Waals surface area contributed by atoms with Gasteiger partial charge in [0.2, 0.25) is 0 Å². The lowest BCUT2D eigenvalue weighted by atomic mass is 10.1. The van der Waals surface area contributed by atoms with Crippen molar-refractivity contribution in [2.24, 2.45) is 5.73 Å². The van der Waals surface area contributed by atoms with Gasteiger partial charge in [0.05, 0.1) is 5.56 Å². The van der Waals surface area contributed by atoms with Gasteiger partial charge in [-0.05, 0) is 30.7 Å². The normalized spacial score (nSPS) is 10.4. The highest BCUT2D eigenvalue weighted by atomic mass is 79.9. The van der Waals surface area contributed by atoms with Crippen LogP contribution in [0.3, 0.4) is 0 Å². The van der Waals surface area contributed by atoms with Gasteiger partial charge in [-0.1, -0.05) is 28.1 Å². The summed E-state index contributed by atoms with van der Waals surface area (Å²) in [5.74, 6) is -0.407. The Morgan fingerprint density at radius 1 is 1.38 bits per heavy atom. The number of primary amides is 1. The first-order valence-electron chi connectivity index (χ1n) is 4.83. The number of carbonyl (C=O) groups is 1. The van der Waals surface area contributed by atoms with Crippen molar-refractivity contribution in [3.63, 3.8) is 0 Å². The van der Waals surface area contributed by atoms with Crippen molar-refractivity contribution < 1.29 is 4.79 Å². The number of H-pyrrole nitrogens is 1. The lowest BCUT2D eigenvalue weighted by Gasteiger charge is -1.97. The fraction of sp³-hybridized carbons (Fsp3) is 0.0833. The molecule has 0 unspecified atom stereocenters. The van der Waals surface area contributed by atoms with Gasteiger partial charge < -0.3 is 10.7 Å². The molecule has 3 N–H and O–H groups in total. The first-order chi connectivity index (χ1) is 7.58. The Bertz CT molecular complexity index is 546. The zero-order valence-electron chi connectivity index (χ0n) is 8.75. The minimum Gasteiger partial charge on any atom is -0.366 e. The van der Waals surface area contributed by atoms with Crippen LogP contribution in [0, 0.1) is 6.92 Å². The summed E-state index contributed by atoms with van der Waals surface area (Å²) in [4.78, 5) is 14.3. The molecule has 1 aromatic carbocycles. The third kappa shape index (κ3) is 2.02.